The van der Waals surface area contributed by atoms with Gasteiger partial charge in [-0.3, -0.25) is 0 Å². The maximum atomic E-state index is 2.20. The van der Waals surface area contributed by atoms with Crippen molar-refractivity contribution in [2.75, 3.05) is 0 Å². The Bertz CT molecular complexity index is 857. The van der Waals surface area contributed by atoms with Crippen LogP contribution in [0.5, 0.6) is 0 Å². The standard InChI is InChI=1S/3C9H12.C6H6.6C3H8.3C2H6/c3*1-8(2)9-6-4-3-5-7-9;1-2-4-6-5-3-1;6*1-3-2;3*1-2/h3*3-8H,1-2H3;1-6H;6*3H2,1-2H3;3*1-2H3. The Hall–Kier alpha value is -3.12. The molecule has 0 fully saturated rings. The lowest BCUT2D eigenvalue weighted by Crippen LogP contribution is -1.83. The molecule has 0 radical (unpaired) electrons. The van der Waals surface area contributed by atoms with Crippen molar-refractivity contribution < 1.29 is 0 Å². The van der Waals surface area contributed by atoms with Crippen LogP contribution >= 0.6 is 0 Å². The van der Waals surface area contributed by atoms with Crippen LogP contribution < -0.4 is 0 Å². The summed E-state index contributed by atoms with van der Waals surface area (Å²) in [6.45, 7) is 50.7. The Morgan fingerprint density at radius 2 is 0.316 bits per heavy atom. The van der Waals surface area contributed by atoms with Gasteiger partial charge in [0.1, 0.15) is 0 Å². The van der Waals surface area contributed by atoms with Crippen molar-refractivity contribution in [3.8, 4) is 0 Å². The Morgan fingerprint density at radius 3 is 0.386 bits per heavy atom. The minimum Gasteiger partial charge on any atom is -0.0683 e. The van der Waals surface area contributed by atoms with Crippen LogP contribution in [0.3, 0.4) is 0 Å². The molecule has 0 spiro atoms. The van der Waals surface area contributed by atoms with Crippen LogP contribution in [0.1, 0.15) is 239 Å². The van der Waals surface area contributed by atoms with Crippen LogP contribution in [-0.2, 0) is 0 Å². The predicted octanol–water partition coefficient (Wildman–Crippen LogP) is 21.7. The largest absolute Gasteiger partial charge is 0.0683 e. The van der Waals surface area contributed by atoms with Gasteiger partial charge in [0.25, 0.3) is 0 Å². The summed E-state index contributed by atoms with van der Waals surface area (Å²) in [5, 5.41) is 0. The molecular weight excluding hydrogens is 685 g/mol. The molecule has 0 heteroatoms. The van der Waals surface area contributed by atoms with E-state index in [1.54, 1.807) is 0 Å². The Balaban J connectivity index is -0.0000000656. The summed E-state index contributed by atoms with van der Waals surface area (Å²) >= 11 is 0. The van der Waals surface area contributed by atoms with Crippen molar-refractivity contribution in [2.45, 2.75) is 222 Å². The molecule has 0 aliphatic rings. The molecule has 0 N–H and O–H groups in total. The van der Waals surface area contributed by atoms with Gasteiger partial charge in [0, 0.05) is 0 Å². The number of benzene rings is 4. The van der Waals surface area contributed by atoms with Crippen LogP contribution in [0.2, 0.25) is 0 Å². The maximum absolute atomic E-state index is 2.20. The molecule has 0 aliphatic heterocycles. The third kappa shape index (κ3) is 90.6. The third-order valence-corrected chi connectivity index (χ3v) is 5.07. The zero-order valence-electron chi connectivity index (χ0n) is 43.6. The van der Waals surface area contributed by atoms with Gasteiger partial charge < -0.3 is 0 Å². The van der Waals surface area contributed by atoms with Crippen molar-refractivity contribution >= 4 is 0 Å². The molecule has 4 aromatic carbocycles. The molecule has 0 unspecified atom stereocenters. The lowest BCUT2D eigenvalue weighted by molar-refractivity contribution is 0.867. The molecule has 0 atom stereocenters. The molecule has 0 bridgehead atoms. The first-order valence-electron chi connectivity index (χ1n) is 23.5. The van der Waals surface area contributed by atoms with E-state index in [0.29, 0.717) is 17.8 Å². The molecule has 57 heavy (non-hydrogen) atoms. The van der Waals surface area contributed by atoms with Crippen molar-refractivity contribution in [3.63, 3.8) is 0 Å². The van der Waals surface area contributed by atoms with E-state index >= 15 is 0 Å². The van der Waals surface area contributed by atoms with Gasteiger partial charge in [0.15, 0.2) is 0 Å². The van der Waals surface area contributed by atoms with E-state index in [1.165, 1.54) is 55.2 Å². The zero-order valence-corrected chi connectivity index (χ0v) is 43.6. The molecule has 0 aromatic heterocycles. The summed E-state index contributed by atoms with van der Waals surface area (Å²) in [6.07, 6.45) is 7.50. The summed E-state index contributed by atoms with van der Waals surface area (Å²) in [4.78, 5) is 0. The minimum absolute atomic E-state index is 0.659. The van der Waals surface area contributed by atoms with Gasteiger partial charge in [-0.2, -0.15) is 0 Å². The van der Waals surface area contributed by atoms with Crippen molar-refractivity contribution in [1.82, 2.24) is 0 Å². The van der Waals surface area contributed by atoms with Crippen LogP contribution in [0.25, 0.3) is 0 Å². The normalized spacial score (nSPS) is 7.84. The number of hydrogen-bond acceptors (Lipinski definition) is 0. The molecule has 336 valence electrons. The van der Waals surface area contributed by atoms with Gasteiger partial charge in [0.2, 0.25) is 0 Å². The first kappa shape index (κ1) is 74.8. The van der Waals surface area contributed by atoms with E-state index in [2.05, 4.69) is 197 Å². The van der Waals surface area contributed by atoms with E-state index in [1.807, 2.05) is 96.1 Å². The molecule has 4 rings (SSSR count). The third-order valence-electron chi connectivity index (χ3n) is 5.07. The van der Waals surface area contributed by atoms with E-state index in [4.69, 9.17) is 0 Å². The Labute approximate surface area is 365 Å². The van der Waals surface area contributed by atoms with Crippen molar-refractivity contribution in [3.05, 3.63) is 144 Å². The minimum atomic E-state index is 0.659. The zero-order chi connectivity index (χ0) is 46.6. The Morgan fingerprint density at radius 1 is 0.228 bits per heavy atom. The second-order valence-corrected chi connectivity index (χ2v) is 13.1. The van der Waals surface area contributed by atoms with Gasteiger partial charge in [-0.1, -0.05) is 332 Å². The van der Waals surface area contributed by atoms with Crippen LogP contribution in [0, 0.1) is 0 Å². The molecule has 0 aliphatic carbocycles. The fraction of sp³-hybridized carbons (Fsp3) is 0.579. The van der Waals surface area contributed by atoms with Gasteiger partial charge in [0.05, 0.1) is 0 Å². The van der Waals surface area contributed by atoms with Crippen LogP contribution in [0.15, 0.2) is 127 Å². The van der Waals surface area contributed by atoms with Crippen molar-refractivity contribution in [2.24, 2.45) is 0 Å². The van der Waals surface area contributed by atoms with Crippen LogP contribution in [-0.4, -0.2) is 0 Å². The van der Waals surface area contributed by atoms with Gasteiger partial charge >= 0.3 is 0 Å². The molecule has 0 heterocycles. The molecule has 0 nitrogen and oxygen atoms in total. The summed E-state index contributed by atoms with van der Waals surface area (Å²) in [5.74, 6) is 1.98. The fourth-order valence-electron chi connectivity index (χ4n) is 2.90. The number of rotatable bonds is 3. The highest BCUT2D eigenvalue weighted by Crippen LogP contribution is 2.13. The summed E-state index contributed by atoms with van der Waals surface area (Å²) in [7, 11) is 0. The lowest BCUT2D eigenvalue weighted by atomic mass is 10.0. The average molecular weight is 793 g/mol. The van der Waals surface area contributed by atoms with Gasteiger partial charge in [-0.05, 0) is 34.4 Å². The first-order chi connectivity index (χ1) is 27.4. The fourth-order valence-corrected chi connectivity index (χ4v) is 2.90. The van der Waals surface area contributed by atoms with E-state index in [9.17, 15) is 0 Å². The maximum Gasteiger partial charge on any atom is -0.0219 e. The number of hydrogen-bond donors (Lipinski definition) is 0. The molecule has 4 aromatic rings. The smallest absolute Gasteiger partial charge is 0.0219 e. The SMILES string of the molecule is CC.CC.CC.CC(C)c1ccccc1.CC(C)c1ccccc1.CC(C)c1ccccc1.CCC.CCC.CCC.CCC.CCC.CCC.c1ccccc1. The topological polar surface area (TPSA) is 0 Å². The highest BCUT2D eigenvalue weighted by Gasteiger charge is 1.94. The van der Waals surface area contributed by atoms with Gasteiger partial charge in [-0.25, -0.2) is 0 Å². The van der Waals surface area contributed by atoms with Gasteiger partial charge in [-0.15, -0.1) is 0 Å². The van der Waals surface area contributed by atoms with E-state index in [0.717, 1.165) is 0 Å². The highest BCUT2D eigenvalue weighted by molar-refractivity contribution is 5.19. The average Bonchev–Trinajstić information content (AvgIpc) is 3.24. The highest BCUT2D eigenvalue weighted by atomic mass is 14.0. The molecular formula is C57H108. The van der Waals surface area contributed by atoms with E-state index in [-0.39, 0.29) is 0 Å². The Kier molecular flexibility index (Phi) is 106. The quantitative estimate of drug-likeness (QED) is 0.194. The second-order valence-electron chi connectivity index (χ2n) is 13.1. The molecule has 0 amide bonds. The summed E-state index contributed by atoms with van der Waals surface area (Å²) in [5.41, 5.74) is 4.24. The molecule has 0 saturated carbocycles. The van der Waals surface area contributed by atoms with E-state index < -0.39 is 0 Å². The lowest BCUT2D eigenvalue weighted by Gasteiger charge is -2.01. The summed E-state index contributed by atoms with van der Waals surface area (Å²) < 4.78 is 0. The second kappa shape index (κ2) is 81.1. The predicted molar refractivity (Wildman–Crippen MR) is 278 cm³/mol. The molecule has 0 saturated heterocycles. The monoisotopic (exact) mass is 793 g/mol. The first-order valence-corrected chi connectivity index (χ1v) is 23.5. The van der Waals surface area contributed by atoms with Crippen LogP contribution in [0.4, 0.5) is 0 Å². The summed E-state index contributed by atoms with van der Waals surface area (Å²) in [6, 6.07) is 43.6. The van der Waals surface area contributed by atoms with Crippen molar-refractivity contribution in [1.29, 1.82) is 0 Å².